The second kappa shape index (κ2) is 5.30. The molecule has 16 heavy (non-hydrogen) atoms. The normalized spacial score (nSPS) is 18.6. The van der Waals surface area contributed by atoms with Crippen LogP contribution < -0.4 is 5.32 Å². The van der Waals surface area contributed by atoms with Crippen LogP contribution in [0.2, 0.25) is 0 Å². The van der Waals surface area contributed by atoms with Crippen molar-refractivity contribution < 1.29 is 0 Å². The Hall–Kier alpha value is -1.09. The molecule has 1 aromatic rings. The Labute approximate surface area is 97.9 Å². The van der Waals surface area contributed by atoms with Crippen LogP contribution in [0.25, 0.3) is 0 Å². The molecule has 0 spiro atoms. The summed E-state index contributed by atoms with van der Waals surface area (Å²) in [6.07, 6.45) is 4.58. The van der Waals surface area contributed by atoms with Crippen LogP contribution in [-0.4, -0.2) is 35.6 Å². The van der Waals surface area contributed by atoms with Gasteiger partial charge >= 0.3 is 0 Å². The van der Waals surface area contributed by atoms with E-state index in [1.54, 1.807) is 0 Å². The van der Waals surface area contributed by atoms with Crippen LogP contribution in [0.15, 0.2) is 18.3 Å². The van der Waals surface area contributed by atoms with Gasteiger partial charge in [-0.15, -0.1) is 0 Å². The monoisotopic (exact) mass is 219 g/mol. The minimum absolute atomic E-state index is 0.621. The van der Waals surface area contributed by atoms with Crippen molar-refractivity contribution in [2.75, 3.05) is 25.0 Å². The molecule has 0 saturated carbocycles. The van der Waals surface area contributed by atoms with E-state index in [0.29, 0.717) is 6.04 Å². The minimum atomic E-state index is 0.621. The standard InChI is InChI=1S/C13H21N3/c1-11-9-13(5-6-14-11)15-10-12(2)16-7-3-4-8-16/h5-6,9,12H,3-4,7-8,10H2,1-2H3,(H,14,15). The van der Waals surface area contributed by atoms with Crippen molar-refractivity contribution in [2.24, 2.45) is 0 Å². The van der Waals surface area contributed by atoms with Gasteiger partial charge in [0, 0.05) is 30.2 Å². The predicted molar refractivity (Wildman–Crippen MR) is 67.7 cm³/mol. The number of nitrogens with zero attached hydrogens (tertiary/aromatic N) is 2. The van der Waals surface area contributed by atoms with Gasteiger partial charge in [0.15, 0.2) is 0 Å². The molecule has 0 amide bonds. The maximum Gasteiger partial charge on any atom is 0.0393 e. The lowest BCUT2D eigenvalue weighted by Crippen LogP contribution is -2.35. The summed E-state index contributed by atoms with van der Waals surface area (Å²) in [7, 11) is 0. The maximum atomic E-state index is 4.19. The maximum absolute atomic E-state index is 4.19. The quantitative estimate of drug-likeness (QED) is 0.842. The van der Waals surface area contributed by atoms with E-state index in [9.17, 15) is 0 Å². The summed E-state index contributed by atoms with van der Waals surface area (Å²) in [5.41, 5.74) is 2.25. The van der Waals surface area contributed by atoms with E-state index in [1.165, 1.54) is 31.6 Å². The molecule has 0 radical (unpaired) electrons. The third-order valence-electron chi connectivity index (χ3n) is 3.26. The van der Waals surface area contributed by atoms with Crippen LogP contribution in [0, 0.1) is 6.92 Å². The molecule has 1 saturated heterocycles. The van der Waals surface area contributed by atoms with E-state index in [0.717, 1.165) is 12.2 Å². The lowest BCUT2D eigenvalue weighted by molar-refractivity contribution is 0.269. The molecular formula is C13H21N3. The first kappa shape index (κ1) is 11.4. The summed E-state index contributed by atoms with van der Waals surface area (Å²) in [4.78, 5) is 6.75. The number of aromatic nitrogens is 1. The average molecular weight is 219 g/mol. The SMILES string of the molecule is Cc1cc(NCC(C)N2CCCC2)ccn1. The van der Waals surface area contributed by atoms with E-state index >= 15 is 0 Å². The van der Waals surface area contributed by atoms with Gasteiger partial charge in [-0.2, -0.15) is 0 Å². The minimum Gasteiger partial charge on any atom is -0.383 e. The van der Waals surface area contributed by atoms with Crippen LogP contribution in [-0.2, 0) is 0 Å². The molecule has 88 valence electrons. The molecule has 1 aliphatic rings. The fourth-order valence-electron chi connectivity index (χ4n) is 2.23. The molecule has 1 atom stereocenters. The first-order chi connectivity index (χ1) is 7.75. The number of aryl methyl sites for hydroxylation is 1. The molecule has 0 bridgehead atoms. The number of hydrogen-bond acceptors (Lipinski definition) is 3. The Kier molecular flexibility index (Phi) is 3.78. The van der Waals surface area contributed by atoms with Gasteiger partial charge in [-0.05, 0) is 51.9 Å². The summed E-state index contributed by atoms with van der Waals surface area (Å²) in [5.74, 6) is 0. The zero-order valence-electron chi connectivity index (χ0n) is 10.2. The highest BCUT2D eigenvalue weighted by Gasteiger charge is 2.17. The van der Waals surface area contributed by atoms with E-state index in [1.807, 2.05) is 19.2 Å². The van der Waals surface area contributed by atoms with Gasteiger partial charge in [0.2, 0.25) is 0 Å². The lowest BCUT2D eigenvalue weighted by Gasteiger charge is -2.24. The first-order valence-corrected chi connectivity index (χ1v) is 6.16. The molecule has 1 unspecified atom stereocenters. The highest BCUT2D eigenvalue weighted by atomic mass is 15.2. The number of likely N-dealkylation sites (tertiary alicyclic amines) is 1. The highest BCUT2D eigenvalue weighted by Crippen LogP contribution is 2.13. The molecule has 1 N–H and O–H groups in total. The average Bonchev–Trinajstić information content (AvgIpc) is 2.79. The van der Waals surface area contributed by atoms with E-state index in [4.69, 9.17) is 0 Å². The molecule has 2 rings (SSSR count). The summed E-state index contributed by atoms with van der Waals surface area (Å²) in [5, 5.41) is 3.48. The van der Waals surface area contributed by atoms with Gasteiger partial charge in [0.1, 0.15) is 0 Å². The summed E-state index contributed by atoms with van der Waals surface area (Å²) >= 11 is 0. The van der Waals surface area contributed by atoms with Crippen LogP contribution in [0.4, 0.5) is 5.69 Å². The van der Waals surface area contributed by atoms with Crippen molar-refractivity contribution in [3.8, 4) is 0 Å². The number of rotatable bonds is 4. The van der Waals surface area contributed by atoms with E-state index in [-0.39, 0.29) is 0 Å². The van der Waals surface area contributed by atoms with Crippen LogP contribution in [0.5, 0.6) is 0 Å². The second-order valence-electron chi connectivity index (χ2n) is 4.66. The van der Waals surface area contributed by atoms with Crippen molar-refractivity contribution >= 4 is 5.69 Å². The molecule has 3 heteroatoms. The Morgan fingerprint density at radius 1 is 1.44 bits per heavy atom. The second-order valence-corrected chi connectivity index (χ2v) is 4.66. The summed E-state index contributed by atoms with van der Waals surface area (Å²) in [6, 6.07) is 4.75. The molecular weight excluding hydrogens is 198 g/mol. The molecule has 0 aliphatic carbocycles. The summed E-state index contributed by atoms with van der Waals surface area (Å²) in [6.45, 7) is 7.86. The van der Waals surface area contributed by atoms with Crippen molar-refractivity contribution in [1.82, 2.24) is 9.88 Å². The van der Waals surface area contributed by atoms with Crippen LogP contribution in [0.3, 0.4) is 0 Å². The number of anilines is 1. The Bertz CT molecular complexity index is 332. The van der Waals surface area contributed by atoms with Gasteiger partial charge in [0.05, 0.1) is 0 Å². The van der Waals surface area contributed by atoms with Crippen molar-refractivity contribution in [3.63, 3.8) is 0 Å². The van der Waals surface area contributed by atoms with Gasteiger partial charge in [-0.25, -0.2) is 0 Å². The van der Waals surface area contributed by atoms with Gasteiger partial charge < -0.3 is 5.32 Å². The lowest BCUT2D eigenvalue weighted by atomic mass is 10.2. The molecule has 2 heterocycles. The largest absolute Gasteiger partial charge is 0.383 e. The molecule has 1 aliphatic heterocycles. The number of hydrogen-bond donors (Lipinski definition) is 1. The van der Waals surface area contributed by atoms with Crippen molar-refractivity contribution in [3.05, 3.63) is 24.0 Å². The van der Waals surface area contributed by atoms with E-state index in [2.05, 4.69) is 28.2 Å². The number of pyridine rings is 1. The van der Waals surface area contributed by atoms with Crippen molar-refractivity contribution in [1.29, 1.82) is 0 Å². The Morgan fingerprint density at radius 3 is 2.88 bits per heavy atom. The van der Waals surface area contributed by atoms with Gasteiger partial charge in [-0.3, -0.25) is 9.88 Å². The third-order valence-corrected chi connectivity index (χ3v) is 3.26. The molecule has 3 nitrogen and oxygen atoms in total. The fraction of sp³-hybridized carbons (Fsp3) is 0.615. The van der Waals surface area contributed by atoms with Crippen LogP contribution in [0.1, 0.15) is 25.5 Å². The Morgan fingerprint density at radius 2 is 2.19 bits per heavy atom. The molecule has 0 aromatic carbocycles. The third kappa shape index (κ3) is 2.95. The highest BCUT2D eigenvalue weighted by molar-refractivity contribution is 5.42. The van der Waals surface area contributed by atoms with Gasteiger partial charge in [0.25, 0.3) is 0 Å². The zero-order valence-corrected chi connectivity index (χ0v) is 10.2. The van der Waals surface area contributed by atoms with Gasteiger partial charge in [-0.1, -0.05) is 0 Å². The topological polar surface area (TPSA) is 28.2 Å². The first-order valence-electron chi connectivity index (χ1n) is 6.16. The predicted octanol–water partition coefficient (Wildman–Crippen LogP) is 2.29. The number of nitrogens with one attached hydrogen (secondary N) is 1. The Balaban J connectivity index is 1.82. The van der Waals surface area contributed by atoms with E-state index < -0.39 is 0 Å². The molecule has 1 aromatic heterocycles. The van der Waals surface area contributed by atoms with Crippen LogP contribution >= 0.6 is 0 Å². The fourth-order valence-corrected chi connectivity index (χ4v) is 2.23. The van der Waals surface area contributed by atoms with Crippen molar-refractivity contribution in [2.45, 2.75) is 32.7 Å². The zero-order chi connectivity index (χ0) is 11.4. The summed E-state index contributed by atoms with van der Waals surface area (Å²) < 4.78 is 0. The smallest absolute Gasteiger partial charge is 0.0393 e. The molecule has 1 fully saturated rings.